The Hall–Kier alpha value is -1.16. The number of hydrogen-bond donors (Lipinski definition) is 1. The summed E-state index contributed by atoms with van der Waals surface area (Å²) in [6.07, 6.45) is 3.50. The van der Waals surface area contributed by atoms with E-state index in [4.69, 9.17) is 0 Å². The fourth-order valence-electron chi connectivity index (χ4n) is 1.58. The number of aromatic nitrogens is 2. The van der Waals surface area contributed by atoms with Crippen molar-refractivity contribution in [2.24, 2.45) is 5.92 Å². The zero-order chi connectivity index (χ0) is 9.10. The topological polar surface area (TPSA) is 41.0 Å². The molecule has 1 saturated heterocycles. The molecule has 0 unspecified atom stereocenters. The Morgan fingerprint density at radius 2 is 2.15 bits per heavy atom. The third-order valence-electron chi connectivity index (χ3n) is 2.25. The van der Waals surface area contributed by atoms with Gasteiger partial charge < -0.3 is 10.2 Å². The Morgan fingerprint density at radius 1 is 1.46 bits per heavy atom. The Bertz CT molecular complexity index is 256. The highest BCUT2D eigenvalue weighted by Crippen LogP contribution is 2.12. The maximum absolute atomic E-state index is 4.09. The van der Waals surface area contributed by atoms with Gasteiger partial charge in [0.05, 0.1) is 0 Å². The molecule has 0 saturated carbocycles. The number of anilines is 1. The van der Waals surface area contributed by atoms with E-state index in [1.165, 1.54) is 13.1 Å². The lowest BCUT2D eigenvalue weighted by Gasteiger charge is -2.36. The number of nitrogens with one attached hydrogen (secondary N) is 1. The molecule has 13 heavy (non-hydrogen) atoms. The summed E-state index contributed by atoms with van der Waals surface area (Å²) in [5.74, 6) is 1.49. The standard InChI is InChI=1S/C9H14N4/c1-13-6-8(7-13)5-12-9-10-3-2-4-11-9/h2-4,8H,5-7H2,1H3,(H,10,11,12). The molecule has 70 valence electrons. The molecule has 1 fully saturated rings. The molecule has 1 aliphatic rings. The summed E-state index contributed by atoms with van der Waals surface area (Å²) < 4.78 is 0. The SMILES string of the molecule is CN1CC(CNc2ncccn2)C1. The molecule has 0 aromatic carbocycles. The Balaban J connectivity index is 1.74. The van der Waals surface area contributed by atoms with E-state index in [0.29, 0.717) is 0 Å². The van der Waals surface area contributed by atoms with Crippen LogP contribution in [-0.4, -0.2) is 41.5 Å². The number of rotatable bonds is 3. The van der Waals surface area contributed by atoms with Gasteiger partial charge in [-0.2, -0.15) is 0 Å². The predicted molar refractivity (Wildman–Crippen MR) is 51.5 cm³/mol. The van der Waals surface area contributed by atoms with Gasteiger partial charge in [0, 0.05) is 37.9 Å². The van der Waals surface area contributed by atoms with Crippen molar-refractivity contribution in [1.82, 2.24) is 14.9 Å². The normalized spacial score (nSPS) is 18.2. The zero-order valence-corrected chi connectivity index (χ0v) is 7.77. The molecule has 1 aromatic heterocycles. The van der Waals surface area contributed by atoms with Crippen molar-refractivity contribution >= 4 is 5.95 Å². The highest BCUT2D eigenvalue weighted by molar-refractivity contribution is 5.22. The summed E-state index contributed by atoms with van der Waals surface area (Å²) in [6.45, 7) is 3.34. The minimum Gasteiger partial charge on any atom is -0.354 e. The quantitative estimate of drug-likeness (QED) is 0.729. The number of nitrogens with zero attached hydrogens (tertiary/aromatic N) is 3. The van der Waals surface area contributed by atoms with E-state index >= 15 is 0 Å². The maximum Gasteiger partial charge on any atom is 0.222 e. The van der Waals surface area contributed by atoms with Crippen LogP contribution in [-0.2, 0) is 0 Å². The molecule has 2 heterocycles. The zero-order valence-electron chi connectivity index (χ0n) is 7.77. The van der Waals surface area contributed by atoms with E-state index < -0.39 is 0 Å². The fraction of sp³-hybridized carbons (Fsp3) is 0.556. The average Bonchev–Trinajstić information content (AvgIpc) is 2.12. The van der Waals surface area contributed by atoms with Crippen LogP contribution in [0.2, 0.25) is 0 Å². The van der Waals surface area contributed by atoms with E-state index in [-0.39, 0.29) is 0 Å². The highest BCUT2D eigenvalue weighted by atomic mass is 15.2. The summed E-state index contributed by atoms with van der Waals surface area (Å²) in [5, 5.41) is 3.22. The second-order valence-electron chi connectivity index (χ2n) is 3.54. The van der Waals surface area contributed by atoms with Crippen LogP contribution in [0.4, 0.5) is 5.95 Å². The Kier molecular flexibility index (Phi) is 2.40. The van der Waals surface area contributed by atoms with Crippen molar-refractivity contribution in [3.8, 4) is 0 Å². The first-order chi connectivity index (χ1) is 6.34. The molecule has 4 nitrogen and oxygen atoms in total. The Morgan fingerprint density at radius 3 is 2.77 bits per heavy atom. The van der Waals surface area contributed by atoms with Crippen LogP contribution in [0.1, 0.15) is 0 Å². The van der Waals surface area contributed by atoms with Crippen molar-refractivity contribution in [3.63, 3.8) is 0 Å². The van der Waals surface area contributed by atoms with Gasteiger partial charge in [-0.1, -0.05) is 0 Å². The lowest BCUT2D eigenvalue weighted by molar-refractivity contribution is 0.144. The third kappa shape index (κ3) is 2.15. The molecular weight excluding hydrogens is 164 g/mol. The minimum atomic E-state index is 0.733. The molecule has 0 atom stereocenters. The van der Waals surface area contributed by atoms with E-state index in [1.807, 2.05) is 6.07 Å². The van der Waals surface area contributed by atoms with E-state index in [1.54, 1.807) is 12.4 Å². The largest absolute Gasteiger partial charge is 0.354 e. The molecule has 0 amide bonds. The average molecular weight is 178 g/mol. The van der Waals surface area contributed by atoms with Gasteiger partial charge in [-0.25, -0.2) is 9.97 Å². The van der Waals surface area contributed by atoms with Crippen LogP contribution in [0.15, 0.2) is 18.5 Å². The second kappa shape index (κ2) is 3.70. The smallest absolute Gasteiger partial charge is 0.222 e. The maximum atomic E-state index is 4.09. The van der Waals surface area contributed by atoms with Crippen molar-refractivity contribution in [2.45, 2.75) is 0 Å². The highest BCUT2D eigenvalue weighted by Gasteiger charge is 2.22. The summed E-state index contributed by atoms with van der Waals surface area (Å²) in [5.41, 5.74) is 0. The Labute approximate surface area is 78.0 Å². The van der Waals surface area contributed by atoms with Gasteiger partial charge in [-0.15, -0.1) is 0 Å². The van der Waals surface area contributed by atoms with Crippen LogP contribution >= 0.6 is 0 Å². The monoisotopic (exact) mass is 178 g/mol. The molecule has 0 aliphatic carbocycles. The van der Waals surface area contributed by atoms with E-state index in [9.17, 15) is 0 Å². The lowest BCUT2D eigenvalue weighted by Crippen LogP contribution is -2.46. The van der Waals surface area contributed by atoms with Gasteiger partial charge >= 0.3 is 0 Å². The minimum absolute atomic E-state index is 0.733. The molecule has 4 heteroatoms. The fourth-order valence-corrected chi connectivity index (χ4v) is 1.58. The molecule has 0 spiro atoms. The van der Waals surface area contributed by atoms with Crippen LogP contribution in [0.3, 0.4) is 0 Å². The van der Waals surface area contributed by atoms with Gasteiger partial charge in [0.2, 0.25) is 5.95 Å². The molecule has 1 aliphatic heterocycles. The van der Waals surface area contributed by atoms with Crippen molar-refractivity contribution in [1.29, 1.82) is 0 Å². The van der Waals surface area contributed by atoms with Crippen LogP contribution in [0, 0.1) is 5.92 Å². The molecular formula is C9H14N4. The second-order valence-corrected chi connectivity index (χ2v) is 3.54. The van der Waals surface area contributed by atoms with Crippen molar-refractivity contribution in [2.75, 3.05) is 32.0 Å². The van der Waals surface area contributed by atoms with Gasteiger partial charge in [-0.05, 0) is 13.1 Å². The van der Waals surface area contributed by atoms with Gasteiger partial charge in [-0.3, -0.25) is 0 Å². The van der Waals surface area contributed by atoms with Crippen LogP contribution < -0.4 is 5.32 Å². The predicted octanol–water partition coefficient (Wildman–Crippen LogP) is 0.450. The van der Waals surface area contributed by atoms with Crippen molar-refractivity contribution < 1.29 is 0 Å². The molecule has 0 radical (unpaired) electrons. The first-order valence-electron chi connectivity index (χ1n) is 4.54. The van der Waals surface area contributed by atoms with Gasteiger partial charge in [0.25, 0.3) is 0 Å². The summed E-state index contributed by atoms with van der Waals surface area (Å²) >= 11 is 0. The summed E-state index contributed by atoms with van der Waals surface area (Å²) in [6, 6.07) is 1.82. The van der Waals surface area contributed by atoms with E-state index in [2.05, 4.69) is 27.2 Å². The summed E-state index contributed by atoms with van der Waals surface area (Å²) in [7, 11) is 2.13. The van der Waals surface area contributed by atoms with Gasteiger partial charge in [0.1, 0.15) is 0 Å². The first kappa shape index (κ1) is 8.44. The number of likely N-dealkylation sites (tertiary alicyclic amines) is 1. The van der Waals surface area contributed by atoms with Crippen LogP contribution in [0.25, 0.3) is 0 Å². The lowest BCUT2D eigenvalue weighted by atomic mass is 10.0. The van der Waals surface area contributed by atoms with Crippen LogP contribution in [0.5, 0.6) is 0 Å². The molecule has 1 N–H and O–H groups in total. The molecule has 0 bridgehead atoms. The first-order valence-corrected chi connectivity index (χ1v) is 4.54. The molecule has 1 aromatic rings. The van der Waals surface area contributed by atoms with Gasteiger partial charge in [0.15, 0.2) is 0 Å². The van der Waals surface area contributed by atoms with E-state index in [0.717, 1.165) is 18.4 Å². The summed E-state index contributed by atoms with van der Waals surface area (Å²) in [4.78, 5) is 10.5. The van der Waals surface area contributed by atoms with Crippen molar-refractivity contribution in [3.05, 3.63) is 18.5 Å². The third-order valence-corrected chi connectivity index (χ3v) is 2.25. The number of hydrogen-bond acceptors (Lipinski definition) is 4. The molecule has 2 rings (SSSR count).